The first-order chi connectivity index (χ1) is 11.1. The third kappa shape index (κ3) is 5.26. The van der Waals surface area contributed by atoms with Crippen molar-refractivity contribution in [2.24, 2.45) is 5.92 Å². The van der Waals surface area contributed by atoms with Crippen LogP contribution in [0.1, 0.15) is 30.6 Å². The van der Waals surface area contributed by atoms with Crippen molar-refractivity contribution in [3.8, 4) is 0 Å². The Labute approximate surface area is 139 Å². The molecular weight excluding hydrogens is 344 g/mol. The number of alkyl halides is 2. The molecule has 1 N–H and O–H groups in total. The topological polar surface area (TPSA) is 91.8 Å². The smallest absolute Gasteiger partial charge is 0.341 e. The molecule has 0 radical (unpaired) electrons. The van der Waals surface area contributed by atoms with Crippen molar-refractivity contribution in [2.75, 3.05) is 13.1 Å². The fourth-order valence-corrected chi connectivity index (χ4v) is 2.74. The van der Waals surface area contributed by atoms with Gasteiger partial charge in [-0.2, -0.15) is 8.78 Å². The van der Waals surface area contributed by atoms with Gasteiger partial charge in [-0.3, -0.25) is 9.59 Å². The number of carboxylic acids is 1. The summed E-state index contributed by atoms with van der Waals surface area (Å²) in [5.74, 6) is -4.96. The summed E-state index contributed by atoms with van der Waals surface area (Å²) < 4.78 is 47.7. The molecule has 0 aliphatic carbocycles. The Hall–Kier alpha value is -2.03. The molecule has 1 rings (SSSR count). The summed E-state index contributed by atoms with van der Waals surface area (Å²) in [4.78, 5) is 23.9. The number of sulfone groups is 1. The number of amides is 1. The van der Waals surface area contributed by atoms with Crippen LogP contribution in [0, 0.1) is 5.92 Å². The summed E-state index contributed by atoms with van der Waals surface area (Å²) in [6, 6.07) is 4.18. The number of carboxylic acid groups (broad SMARTS) is 1. The molecule has 6 nitrogen and oxygen atoms in total. The molecule has 1 amide bonds. The number of rotatable bonds is 8. The van der Waals surface area contributed by atoms with Crippen molar-refractivity contribution in [2.45, 2.75) is 30.9 Å². The molecule has 0 bridgehead atoms. The Morgan fingerprint density at radius 3 is 2.12 bits per heavy atom. The van der Waals surface area contributed by atoms with Crippen molar-refractivity contribution in [3.05, 3.63) is 29.8 Å². The van der Waals surface area contributed by atoms with Gasteiger partial charge in [-0.1, -0.05) is 13.8 Å². The molecule has 0 aliphatic heterocycles. The number of halogens is 2. The van der Waals surface area contributed by atoms with Crippen molar-refractivity contribution in [3.63, 3.8) is 0 Å². The number of benzene rings is 1. The van der Waals surface area contributed by atoms with Crippen LogP contribution in [-0.2, 0) is 14.6 Å². The molecule has 0 fully saturated rings. The highest BCUT2D eigenvalue weighted by Crippen LogP contribution is 2.19. The second-order valence-corrected chi connectivity index (χ2v) is 7.54. The lowest BCUT2D eigenvalue weighted by molar-refractivity contribution is -0.137. The van der Waals surface area contributed by atoms with Gasteiger partial charge < -0.3 is 10.0 Å². The normalized spacial score (nSPS) is 11.8. The van der Waals surface area contributed by atoms with Gasteiger partial charge in [0.2, 0.25) is 9.84 Å². The van der Waals surface area contributed by atoms with Gasteiger partial charge in [0.1, 0.15) is 0 Å². The Morgan fingerprint density at radius 1 is 1.17 bits per heavy atom. The predicted molar refractivity (Wildman–Crippen MR) is 82.6 cm³/mol. The fourth-order valence-electron chi connectivity index (χ4n) is 2.02. The molecule has 134 valence electrons. The van der Waals surface area contributed by atoms with Crippen LogP contribution in [0.5, 0.6) is 0 Å². The lowest BCUT2D eigenvalue weighted by atomic mass is 10.1. The molecular formula is C15H19F2NO5S. The minimum absolute atomic E-state index is 0.00340. The second kappa shape index (κ2) is 8.18. The number of aliphatic carboxylic acids is 1. The van der Waals surface area contributed by atoms with E-state index in [1.54, 1.807) is 0 Å². The van der Waals surface area contributed by atoms with Gasteiger partial charge in [-0.15, -0.1) is 0 Å². The summed E-state index contributed by atoms with van der Waals surface area (Å²) in [6.07, 6.45) is -0.226. The quantitative estimate of drug-likeness (QED) is 0.765. The minimum Gasteiger partial charge on any atom is -0.481 e. The van der Waals surface area contributed by atoms with E-state index in [1.807, 2.05) is 13.8 Å². The van der Waals surface area contributed by atoms with Crippen LogP contribution >= 0.6 is 0 Å². The molecule has 0 saturated carbocycles. The molecule has 1 aromatic carbocycles. The zero-order valence-corrected chi connectivity index (χ0v) is 14.1. The first-order valence-corrected chi connectivity index (χ1v) is 8.73. The van der Waals surface area contributed by atoms with E-state index < -0.39 is 32.4 Å². The van der Waals surface area contributed by atoms with E-state index in [-0.39, 0.29) is 24.4 Å². The van der Waals surface area contributed by atoms with E-state index in [0.717, 1.165) is 24.3 Å². The van der Waals surface area contributed by atoms with Gasteiger partial charge in [-0.25, -0.2) is 8.42 Å². The highest BCUT2D eigenvalue weighted by molar-refractivity contribution is 7.91. The Bertz CT molecular complexity index is 686. The van der Waals surface area contributed by atoms with Crippen LogP contribution in [-0.4, -0.2) is 49.1 Å². The highest BCUT2D eigenvalue weighted by Gasteiger charge is 2.27. The van der Waals surface area contributed by atoms with E-state index in [0.29, 0.717) is 6.54 Å². The summed E-state index contributed by atoms with van der Waals surface area (Å²) >= 11 is 0. The molecule has 9 heteroatoms. The molecule has 0 saturated heterocycles. The molecule has 0 heterocycles. The Morgan fingerprint density at radius 2 is 1.71 bits per heavy atom. The van der Waals surface area contributed by atoms with Crippen LogP contribution in [0.25, 0.3) is 0 Å². The fraction of sp³-hybridized carbons (Fsp3) is 0.467. The minimum atomic E-state index is -4.72. The van der Waals surface area contributed by atoms with E-state index in [4.69, 9.17) is 5.11 Å². The third-order valence-corrected chi connectivity index (χ3v) is 4.53. The molecule has 0 aliphatic rings. The standard InChI is InChI=1S/C15H19F2NO5S/c1-10(2)9-18(8-7-13(19)20)14(21)11-3-5-12(6-4-11)24(22,23)15(16)17/h3-6,10,15H,7-9H2,1-2H3,(H,19,20). The maximum Gasteiger partial charge on any atom is 0.341 e. The number of hydrogen-bond acceptors (Lipinski definition) is 4. The summed E-state index contributed by atoms with van der Waals surface area (Å²) in [5.41, 5.74) is 0.106. The van der Waals surface area contributed by atoms with Crippen molar-refractivity contribution in [1.82, 2.24) is 4.90 Å². The molecule has 0 atom stereocenters. The summed E-state index contributed by atoms with van der Waals surface area (Å²) in [5, 5.41) is 8.75. The first-order valence-electron chi connectivity index (χ1n) is 7.19. The SMILES string of the molecule is CC(C)CN(CCC(=O)O)C(=O)c1ccc(S(=O)(=O)C(F)F)cc1. The van der Waals surface area contributed by atoms with Crippen LogP contribution < -0.4 is 0 Å². The number of carbonyl (C=O) groups is 2. The van der Waals surface area contributed by atoms with Crippen LogP contribution in [0.2, 0.25) is 0 Å². The maximum atomic E-state index is 12.5. The predicted octanol–water partition coefficient (Wildman–Crippen LogP) is 2.26. The van der Waals surface area contributed by atoms with E-state index in [2.05, 4.69) is 0 Å². The first kappa shape index (κ1) is 20.0. The van der Waals surface area contributed by atoms with Crippen LogP contribution in [0.3, 0.4) is 0 Å². The van der Waals surface area contributed by atoms with Crippen molar-refractivity contribution in [1.29, 1.82) is 0 Å². The lowest BCUT2D eigenvalue weighted by Gasteiger charge is -2.24. The zero-order chi connectivity index (χ0) is 18.5. The van der Waals surface area contributed by atoms with Crippen LogP contribution in [0.15, 0.2) is 29.2 Å². The number of nitrogens with zero attached hydrogens (tertiary/aromatic N) is 1. The molecule has 0 unspecified atom stereocenters. The summed E-state index contributed by atoms with van der Waals surface area (Å²) in [7, 11) is -4.72. The van der Waals surface area contributed by atoms with Gasteiger partial charge in [0, 0.05) is 18.7 Å². The molecule has 0 aromatic heterocycles. The van der Waals surface area contributed by atoms with Crippen LogP contribution in [0.4, 0.5) is 8.78 Å². The van der Waals surface area contributed by atoms with E-state index >= 15 is 0 Å². The summed E-state index contributed by atoms with van der Waals surface area (Å²) in [6.45, 7) is 4.05. The van der Waals surface area contributed by atoms with Crippen molar-refractivity contribution >= 4 is 21.7 Å². The van der Waals surface area contributed by atoms with E-state index in [9.17, 15) is 26.8 Å². The average molecular weight is 363 g/mol. The lowest BCUT2D eigenvalue weighted by Crippen LogP contribution is -2.36. The Balaban J connectivity index is 3.00. The number of hydrogen-bond donors (Lipinski definition) is 1. The monoisotopic (exact) mass is 363 g/mol. The van der Waals surface area contributed by atoms with E-state index in [1.165, 1.54) is 4.90 Å². The Kier molecular flexibility index (Phi) is 6.82. The van der Waals surface area contributed by atoms with Crippen molar-refractivity contribution < 1.29 is 31.9 Å². The number of carbonyl (C=O) groups excluding carboxylic acids is 1. The third-order valence-electron chi connectivity index (χ3n) is 3.13. The molecule has 0 spiro atoms. The largest absolute Gasteiger partial charge is 0.481 e. The van der Waals surface area contributed by atoms with Gasteiger partial charge in [0.05, 0.1) is 11.3 Å². The van der Waals surface area contributed by atoms with Gasteiger partial charge in [-0.05, 0) is 30.2 Å². The molecule has 1 aromatic rings. The maximum absolute atomic E-state index is 12.5. The zero-order valence-electron chi connectivity index (χ0n) is 13.3. The average Bonchev–Trinajstić information content (AvgIpc) is 2.50. The second-order valence-electron chi connectivity index (χ2n) is 5.62. The highest BCUT2D eigenvalue weighted by atomic mass is 32.2. The van der Waals surface area contributed by atoms with Gasteiger partial charge in [0.25, 0.3) is 5.91 Å². The molecule has 24 heavy (non-hydrogen) atoms. The van der Waals surface area contributed by atoms with Gasteiger partial charge in [0.15, 0.2) is 0 Å². The van der Waals surface area contributed by atoms with Gasteiger partial charge >= 0.3 is 11.7 Å².